The van der Waals surface area contributed by atoms with Gasteiger partial charge in [0.1, 0.15) is 10.9 Å². The SMILES string of the molecule is CCc1cc(C(=O)NCc2ccccc2O)cc(Cl)n1. The quantitative estimate of drug-likeness (QED) is 0.851. The fraction of sp³-hybridized carbons (Fsp3) is 0.200. The first-order chi connectivity index (χ1) is 9.60. The number of amides is 1. The van der Waals surface area contributed by atoms with Gasteiger partial charge in [-0.1, -0.05) is 36.7 Å². The van der Waals surface area contributed by atoms with Crippen molar-refractivity contribution in [3.05, 3.63) is 58.4 Å². The van der Waals surface area contributed by atoms with Crippen molar-refractivity contribution in [3.63, 3.8) is 0 Å². The van der Waals surface area contributed by atoms with Crippen LogP contribution in [0.15, 0.2) is 36.4 Å². The van der Waals surface area contributed by atoms with Crippen molar-refractivity contribution in [2.24, 2.45) is 0 Å². The number of halogens is 1. The molecule has 1 heterocycles. The number of nitrogens with zero attached hydrogens (tertiary/aromatic N) is 1. The maximum Gasteiger partial charge on any atom is 0.251 e. The lowest BCUT2D eigenvalue weighted by atomic mass is 10.1. The molecular weight excluding hydrogens is 276 g/mol. The summed E-state index contributed by atoms with van der Waals surface area (Å²) in [4.78, 5) is 16.2. The molecule has 1 aromatic carbocycles. The van der Waals surface area contributed by atoms with E-state index in [9.17, 15) is 9.90 Å². The highest BCUT2D eigenvalue weighted by Gasteiger charge is 2.09. The molecule has 2 aromatic rings. The summed E-state index contributed by atoms with van der Waals surface area (Å²) in [6, 6.07) is 10.1. The second-order valence-corrected chi connectivity index (χ2v) is 4.72. The largest absolute Gasteiger partial charge is 0.508 e. The van der Waals surface area contributed by atoms with E-state index in [2.05, 4.69) is 10.3 Å². The molecule has 4 nitrogen and oxygen atoms in total. The summed E-state index contributed by atoms with van der Waals surface area (Å²) in [5, 5.41) is 12.7. The van der Waals surface area contributed by atoms with Gasteiger partial charge >= 0.3 is 0 Å². The van der Waals surface area contributed by atoms with Crippen molar-refractivity contribution in [2.75, 3.05) is 0 Å². The average molecular weight is 291 g/mol. The molecule has 0 spiro atoms. The monoisotopic (exact) mass is 290 g/mol. The molecule has 0 saturated heterocycles. The van der Waals surface area contributed by atoms with E-state index in [1.54, 1.807) is 30.3 Å². The maximum absolute atomic E-state index is 12.1. The highest BCUT2D eigenvalue weighted by Crippen LogP contribution is 2.16. The predicted molar refractivity (Wildman–Crippen MR) is 77.9 cm³/mol. The van der Waals surface area contributed by atoms with Gasteiger partial charge in [0.2, 0.25) is 0 Å². The molecule has 104 valence electrons. The van der Waals surface area contributed by atoms with Crippen LogP contribution in [0.5, 0.6) is 5.75 Å². The van der Waals surface area contributed by atoms with Gasteiger partial charge in [0, 0.05) is 23.4 Å². The van der Waals surface area contributed by atoms with Crippen molar-refractivity contribution in [1.29, 1.82) is 0 Å². The van der Waals surface area contributed by atoms with Crippen LogP contribution in [0.4, 0.5) is 0 Å². The second kappa shape index (κ2) is 6.39. The summed E-state index contributed by atoms with van der Waals surface area (Å²) >= 11 is 5.88. The Morgan fingerprint density at radius 3 is 2.80 bits per heavy atom. The summed E-state index contributed by atoms with van der Waals surface area (Å²) in [5.41, 5.74) is 1.90. The van der Waals surface area contributed by atoms with Gasteiger partial charge in [0.05, 0.1) is 0 Å². The molecule has 0 unspecified atom stereocenters. The molecule has 5 heteroatoms. The molecule has 20 heavy (non-hydrogen) atoms. The Balaban J connectivity index is 2.09. The number of aryl methyl sites for hydroxylation is 1. The van der Waals surface area contributed by atoms with Crippen LogP contribution in [-0.4, -0.2) is 16.0 Å². The van der Waals surface area contributed by atoms with E-state index in [0.29, 0.717) is 22.7 Å². The number of pyridine rings is 1. The third kappa shape index (κ3) is 3.48. The van der Waals surface area contributed by atoms with Gasteiger partial charge in [0.15, 0.2) is 0 Å². The first kappa shape index (κ1) is 14.3. The smallest absolute Gasteiger partial charge is 0.251 e. The molecule has 0 bridgehead atoms. The second-order valence-electron chi connectivity index (χ2n) is 4.33. The Hall–Kier alpha value is -2.07. The van der Waals surface area contributed by atoms with E-state index in [4.69, 9.17) is 11.6 Å². The van der Waals surface area contributed by atoms with E-state index in [1.807, 2.05) is 6.92 Å². The average Bonchev–Trinajstić information content (AvgIpc) is 2.45. The van der Waals surface area contributed by atoms with Crippen LogP contribution in [0.25, 0.3) is 0 Å². The van der Waals surface area contributed by atoms with Crippen molar-refractivity contribution in [2.45, 2.75) is 19.9 Å². The number of phenolic OH excluding ortho intramolecular Hbond substituents is 1. The number of rotatable bonds is 4. The third-order valence-corrected chi connectivity index (χ3v) is 3.10. The highest BCUT2D eigenvalue weighted by molar-refractivity contribution is 6.29. The Morgan fingerprint density at radius 1 is 1.35 bits per heavy atom. The van der Waals surface area contributed by atoms with Gasteiger partial charge < -0.3 is 10.4 Å². The molecular formula is C15H15ClN2O2. The zero-order valence-electron chi connectivity index (χ0n) is 11.1. The van der Waals surface area contributed by atoms with Crippen molar-refractivity contribution in [3.8, 4) is 5.75 Å². The molecule has 2 rings (SSSR count). The summed E-state index contributed by atoms with van der Waals surface area (Å²) < 4.78 is 0. The van der Waals surface area contributed by atoms with Gasteiger partial charge in [-0.25, -0.2) is 4.98 Å². The molecule has 0 aliphatic rings. The van der Waals surface area contributed by atoms with Crippen LogP contribution in [0, 0.1) is 0 Å². The fourth-order valence-electron chi connectivity index (χ4n) is 1.80. The van der Waals surface area contributed by atoms with Gasteiger partial charge in [-0.3, -0.25) is 4.79 Å². The van der Waals surface area contributed by atoms with Crippen molar-refractivity contribution < 1.29 is 9.90 Å². The molecule has 0 radical (unpaired) electrons. The lowest BCUT2D eigenvalue weighted by molar-refractivity contribution is 0.0950. The Bertz CT molecular complexity index is 629. The summed E-state index contributed by atoms with van der Waals surface area (Å²) in [7, 11) is 0. The standard InChI is InChI=1S/C15H15ClN2O2/c1-2-12-7-11(8-14(16)18-12)15(20)17-9-10-5-3-4-6-13(10)19/h3-8,19H,2,9H2,1H3,(H,17,20). The fourth-order valence-corrected chi connectivity index (χ4v) is 2.03. The van der Waals surface area contributed by atoms with Crippen LogP contribution in [0.1, 0.15) is 28.5 Å². The van der Waals surface area contributed by atoms with Crippen LogP contribution in [0.3, 0.4) is 0 Å². The van der Waals surface area contributed by atoms with E-state index < -0.39 is 0 Å². The minimum Gasteiger partial charge on any atom is -0.508 e. The number of carbonyl (C=O) groups excluding carboxylic acids is 1. The Morgan fingerprint density at radius 2 is 2.10 bits per heavy atom. The molecule has 0 atom stereocenters. The normalized spacial score (nSPS) is 10.3. The molecule has 0 fully saturated rings. The van der Waals surface area contributed by atoms with Crippen LogP contribution >= 0.6 is 11.6 Å². The molecule has 0 aliphatic heterocycles. The van der Waals surface area contributed by atoms with E-state index in [0.717, 1.165) is 5.69 Å². The van der Waals surface area contributed by atoms with Crippen molar-refractivity contribution >= 4 is 17.5 Å². The van der Waals surface area contributed by atoms with Gasteiger partial charge in [-0.15, -0.1) is 0 Å². The number of hydrogen-bond acceptors (Lipinski definition) is 3. The van der Waals surface area contributed by atoms with Gasteiger partial charge in [-0.2, -0.15) is 0 Å². The summed E-state index contributed by atoms with van der Waals surface area (Å²) in [6.07, 6.45) is 0.709. The summed E-state index contributed by atoms with van der Waals surface area (Å²) in [5.74, 6) is -0.0814. The molecule has 1 aromatic heterocycles. The van der Waals surface area contributed by atoms with E-state index >= 15 is 0 Å². The number of aromatic nitrogens is 1. The minimum atomic E-state index is -0.243. The third-order valence-electron chi connectivity index (χ3n) is 2.90. The molecule has 2 N–H and O–H groups in total. The molecule has 0 saturated carbocycles. The van der Waals surface area contributed by atoms with Crippen LogP contribution < -0.4 is 5.32 Å². The number of aromatic hydroxyl groups is 1. The lowest BCUT2D eigenvalue weighted by Crippen LogP contribution is -2.23. The number of benzene rings is 1. The number of phenols is 1. The van der Waals surface area contributed by atoms with Crippen LogP contribution in [-0.2, 0) is 13.0 Å². The maximum atomic E-state index is 12.1. The topological polar surface area (TPSA) is 62.2 Å². The van der Waals surface area contributed by atoms with Crippen molar-refractivity contribution in [1.82, 2.24) is 10.3 Å². The predicted octanol–water partition coefficient (Wildman–Crippen LogP) is 2.93. The Kier molecular flexibility index (Phi) is 4.58. The van der Waals surface area contributed by atoms with Gasteiger partial charge in [0.25, 0.3) is 5.91 Å². The Labute approximate surface area is 122 Å². The van der Waals surface area contributed by atoms with E-state index in [-0.39, 0.29) is 18.2 Å². The lowest BCUT2D eigenvalue weighted by Gasteiger charge is -2.08. The summed E-state index contributed by atoms with van der Waals surface area (Å²) in [6.45, 7) is 2.20. The first-order valence-corrected chi connectivity index (χ1v) is 6.69. The van der Waals surface area contributed by atoms with Crippen LogP contribution in [0.2, 0.25) is 5.15 Å². The van der Waals surface area contributed by atoms with Gasteiger partial charge in [-0.05, 0) is 24.6 Å². The zero-order valence-corrected chi connectivity index (χ0v) is 11.8. The zero-order chi connectivity index (χ0) is 14.5. The first-order valence-electron chi connectivity index (χ1n) is 6.31. The molecule has 0 aliphatic carbocycles. The van der Waals surface area contributed by atoms with E-state index in [1.165, 1.54) is 6.07 Å². The molecule has 1 amide bonds. The number of para-hydroxylation sites is 1. The number of carbonyl (C=O) groups is 1. The number of hydrogen-bond donors (Lipinski definition) is 2. The number of nitrogens with one attached hydrogen (secondary N) is 1. The minimum absolute atomic E-state index is 0.162. The highest BCUT2D eigenvalue weighted by atomic mass is 35.5.